The van der Waals surface area contributed by atoms with Gasteiger partial charge in [-0.1, -0.05) is 0 Å². The smallest absolute Gasteiger partial charge is 0.409 e. The first-order valence-electron chi connectivity index (χ1n) is 7.48. The Morgan fingerprint density at radius 2 is 1.72 bits per heavy atom. The molecule has 1 aromatic carbocycles. The average Bonchev–Trinajstić information content (AvgIpc) is 3.03. The minimum atomic E-state index is -0.652. The van der Waals surface area contributed by atoms with Gasteiger partial charge in [-0.25, -0.2) is 14.4 Å². The molecule has 25 heavy (non-hydrogen) atoms. The molecule has 1 fully saturated rings. The fraction of sp³-hybridized carbons (Fsp3) is 0.375. The lowest BCUT2D eigenvalue weighted by Gasteiger charge is -2.13. The Labute approximate surface area is 143 Å². The van der Waals surface area contributed by atoms with E-state index in [0.717, 1.165) is 0 Å². The Morgan fingerprint density at radius 3 is 2.20 bits per heavy atom. The summed E-state index contributed by atoms with van der Waals surface area (Å²) in [6, 6.07) is 4.09. The maximum atomic E-state index is 12.1. The highest BCUT2D eigenvalue weighted by Gasteiger charge is 2.22. The van der Waals surface area contributed by atoms with Crippen LogP contribution in [-0.2, 0) is 19.0 Å². The summed E-state index contributed by atoms with van der Waals surface area (Å²) in [5.74, 6) is -1.68. The Morgan fingerprint density at radius 1 is 1.12 bits per heavy atom. The highest BCUT2D eigenvalue weighted by molar-refractivity contribution is 5.99. The maximum absolute atomic E-state index is 12.1. The van der Waals surface area contributed by atoms with Crippen LogP contribution >= 0.6 is 0 Å². The minimum absolute atomic E-state index is 0.0467. The average molecular weight is 350 g/mol. The molecule has 2 amide bonds. The molecule has 0 saturated carbocycles. The van der Waals surface area contributed by atoms with Crippen LogP contribution in [0.4, 0.5) is 10.5 Å². The van der Waals surface area contributed by atoms with Crippen molar-refractivity contribution in [3.05, 3.63) is 29.3 Å². The molecular formula is C16H18N2O7. The lowest BCUT2D eigenvalue weighted by Crippen LogP contribution is -2.28. The van der Waals surface area contributed by atoms with Gasteiger partial charge in [0, 0.05) is 18.7 Å². The van der Waals surface area contributed by atoms with E-state index in [4.69, 9.17) is 4.74 Å². The molecule has 0 spiro atoms. The summed E-state index contributed by atoms with van der Waals surface area (Å²) >= 11 is 0. The third-order valence-corrected chi connectivity index (χ3v) is 3.51. The van der Waals surface area contributed by atoms with E-state index in [2.05, 4.69) is 14.8 Å². The number of carbonyl (C=O) groups excluding carboxylic acids is 4. The van der Waals surface area contributed by atoms with Crippen molar-refractivity contribution in [2.75, 3.05) is 39.2 Å². The number of esters is 2. The molecule has 0 aliphatic carbocycles. The van der Waals surface area contributed by atoms with Crippen molar-refractivity contribution in [3.8, 4) is 0 Å². The lowest BCUT2D eigenvalue weighted by atomic mass is 10.1. The van der Waals surface area contributed by atoms with Gasteiger partial charge in [0.1, 0.15) is 6.61 Å². The molecule has 1 aliphatic heterocycles. The van der Waals surface area contributed by atoms with Crippen LogP contribution < -0.4 is 5.32 Å². The number of hydrogen-bond donors (Lipinski definition) is 1. The number of nitrogens with one attached hydrogen (secondary N) is 1. The Bertz CT molecular complexity index is 667. The van der Waals surface area contributed by atoms with Crippen molar-refractivity contribution in [2.45, 2.75) is 6.42 Å². The normalized spacial score (nSPS) is 13.2. The van der Waals surface area contributed by atoms with Gasteiger partial charge in [0.25, 0.3) is 0 Å². The Hall–Kier alpha value is -3.10. The fourth-order valence-corrected chi connectivity index (χ4v) is 2.26. The highest BCUT2D eigenvalue weighted by atomic mass is 16.6. The molecule has 1 saturated heterocycles. The number of anilines is 1. The van der Waals surface area contributed by atoms with E-state index in [1.54, 1.807) is 0 Å². The fourth-order valence-electron chi connectivity index (χ4n) is 2.26. The van der Waals surface area contributed by atoms with Crippen molar-refractivity contribution in [2.24, 2.45) is 0 Å². The molecule has 0 aromatic heterocycles. The number of amides is 2. The van der Waals surface area contributed by atoms with Crippen molar-refractivity contribution in [1.29, 1.82) is 0 Å². The number of rotatable bonds is 6. The van der Waals surface area contributed by atoms with E-state index in [9.17, 15) is 19.2 Å². The van der Waals surface area contributed by atoms with Crippen LogP contribution in [0.2, 0.25) is 0 Å². The molecular weight excluding hydrogens is 332 g/mol. The summed E-state index contributed by atoms with van der Waals surface area (Å²) in [6.07, 6.45) is -0.404. The van der Waals surface area contributed by atoms with Crippen LogP contribution in [0.3, 0.4) is 0 Å². The van der Waals surface area contributed by atoms with Crippen molar-refractivity contribution in [3.63, 3.8) is 0 Å². The van der Waals surface area contributed by atoms with Gasteiger partial charge in [-0.2, -0.15) is 0 Å². The van der Waals surface area contributed by atoms with Crippen LogP contribution in [0.5, 0.6) is 0 Å². The second-order valence-corrected chi connectivity index (χ2v) is 5.18. The van der Waals surface area contributed by atoms with Crippen LogP contribution in [-0.4, -0.2) is 62.8 Å². The van der Waals surface area contributed by atoms with Crippen LogP contribution in [0.15, 0.2) is 18.2 Å². The van der Waals surface area contributed by atoms with Crippen molar-refractivity contribution < 1.29 is 33.4 Å². The first-order valence-corrected chi connectivity index (χ1v) is 7.48. The van der Waals surface area contributed by atoms with Gasteiger partial charge in [-0.05, 0) is 18.2 Å². The molecule has 1 heterocycles. The number of carbonyl (C=O) groups is 4. The molecule has 2 rings (SSSR count). The molecule has 1 aliphatic rings. The first-order chi connectivity index (χ1) is 11.9. The van der Waals surface area contributed by atoms with E-state index in [0.29, 0.717) is 13.2 Å². The summed E-state index contributed by atoms with van der Waals surface area (Å²) < 4.78 is 14.0. The van der Waals surface area contributed by atoms with Crippen LogP contribution in [0.25, 0.3) is 0 Å². The van der Waals surface area contributed by atoms with Gasteiger partial charge >= 0.3 is 18.0 Å². The molecule has 0 bridgehead atoms. The first kappa shape index (κ1) is 18.2. The third-order valence-electron chi connectivity index (χ3n) is 3.51. The zero-order valence-electron chi connectivity index (χ0n) is 13.9. The van der Waals surface area contributed by atoms with E-state index in [1.807, 2.05) is 0 Å². The predicted molar refractivity (Wildman–Crippen MR) is 85.3 cm³/mol. The maximum Gasteiger partial charge on any atom is 0.409 e. The van der Waals surface area contributed by atoms with Gasteiger partial charge in [0.2, 0.25) is 5.91 Å². The standard InChI is InChI=1S/C16H18N2O7/c1-23-14(20)10-7-11(15(21)24-2)9-12(8-10)17-13(19)3-4-18-5-6-25-16(18)22/h7-9H,3-6H2,1-2H3,(H,17,19). The van der Waals surface area contributed by atoms with E-state index >= 15 is 0 Å². The van der Waals surface area contributed by atoms with Gasteiger partial charge in [-0.3, -0.25) is 4.79 Å². The van der Waals surface area contributed by atoms with Crippen molar-refractivity contribution >= 4 is 29.6 Å². The van der Waals surface area contributed by atoms with E-state index in [-0.39, 0.29) is 35.7 Å². The summed E-state index contributed by atoms with van der Waals surface area (Å²) in [5.41, 5.74) is 0.449. The number of nitrogens with zero attached hydrogens (tertiary/aromatic N) is 1. The molecule has 0 atom stereocenters. The summed E-state index contributed by atoms with van der Waals surface area (Å²) in [5, 5.41) is 2.59. The molecule has 134 valence electrons. The topological polar surface area (TPSA) is 111 Å². The molecule has 0 unspecified atom stereocenters. The predicted octanol–water partition coefficient (Wildman–Crippen LogP) is 1.04. The number of cyclic esters (lactones) is 1. The second-order valence-electron chi connectivity index (χ2n) is 5.18. The summed E-state index contributed by atoms with van der Waals surface area (Å²) in [7, 11) is 2.42. The minimum Gasteiger partial charge on any atom is -0.465 e. The lowest BCUT2D eigenvalue weighted by molar-refractivity contribution is -0.116. The van der Waals surface area contributed by atoms with Gasteiger partial charge in [0.15, 0.2) is 0 Å². The highest BCUT2D eigenvalue weighted by Crippen LogP contribution is 2.17. The molecule has 1 aromatic rings. The number of ether oxygens (including phenoxy) is 3. The number of benzene rings is 1. The van der Waals surface area contributed by atoms with Crippen LogP contribution in [0, 0.1) is 0 Å². The number of methoxy groups -OCH3 is 2. The van der Waals surface area contributed by atoms with Gasteiger partial charge in [0.05, 0.1) is 31.9 Å². The Kier molecular flexibility index (Phi) is 5.93. The van der Waals surface area contributed by atoms with E-state index in [1.165, 1.54) is 37.3 Å². The SMILES string of the molecule is COC(=O)c1cc(NC(=O)CCN2CCOC2=O)cc(C(=O)OC)c1. The van der Waals surface area contributed by atoms with Crippen LogP contribution in [0.1, 0.15) is 27.1 Å². The molecule has 9 nitrogen and oxygen atoms in total. The quantitative estimate of drug-likeness (QED) is 0.603. The van der Waals surface area contributed by atoms with Gasteiger partial charge < -0.3 is 24.4 Å². The third kappa shape index (κ3) is 4.69. The second kappa shape index (κ2) is 8.13. The molecule has 9 heteroatoms. The largest absolute Gasteiger partial charge is 0.465 e. The summed E-state index contributed by atoms with van der Waals surface area (Å²) in [6.45, 7) is 0.964. The zero-order valence-corrected chi connectivity index (χ0v) is 13.9. The van der Waals surface area contributed by atoms with E-state index < -0.39 is 18.0 Å². The molecule has 1 N–H and O–H groups in total. The monoisotopic (exact) mass is 350 g/mol. The number of hydrogen-bond acceptors (Lipinski definition) is 7. The van der Waals surface area contributed by atoms with Crippen molar-refractivity contribution in [1.82, 2.24) is 4.90 Å². The zero-order chi connectivity index (χ0) is 18.4. The van der Waals surface area contributed by atoms with Gasteiger partial charge in [-0.15, -0.1) is 0 Å². The Balaban J connectivity index is 2.08. The summed E-state index contributed by atoms with van der Waals surface area (Å²) in [4.78, 5) is 48.2. The molecule has 0 radical (unpaired) electrons.